The summed E-state index contributed by atoms with van der Waals surface area (Å²) >= 11 is 0. The van der Waals surface area contributed by atoms with Crippen LogP contribution < -0.4 is 10.1 Å². The third-order valence-corrected chi connectivity index (χ3v) is 3.31. The fourth-order valence-corrected chi connectivity index (χ4v) is 2.06. The van der Waals surface area contributed by atoms with Gasteiger partial charge in [-0.3, -0.25) is 4.79 Å². The molecule has 0 saturated heterocycles. The number of amides is 1. The molecule has 0 aliphatic rings. The molecule has 1 amide bonds. The van der Waals surface area contributed by atoms with Crippen molar-refractivity contribution in [3.05, 3.63) is 59.2 Å². The maximum Gasteiger partial charge on any atom is 0.255 e. The molecule has 1 N–H and O–H groups in total. The second-order valence-electron chi connectivity index (χ2n) is 5.14. The lowest BCUT2D eigenvalue weighted by Gasteiger charge is -2.10. The van der Waals surface area contributed by atoms with Crippen molar-refractivity contribution in [1.29, 1.82) is 0 Å². The molecule has 0 saturated carbocycles. The summed E-state index contributed by atoms with van der Waals surface area (Å²) in [5, 5.41) is 2.90. The van der Waals surface area contributed by atoms with Gasteiger partial charge in [-0.1, -0.05) is 17.7 Å². The summed E-state index contributed by atoms with van der Waals surface area (Å²) in [4.78, 5) is 12.3. The summed E-state index contributed by atoms with van der Waals surface area (Å²) in [6.45, 7) is 4.96. The van der Waals surface area contributed by atoms with Crippen molar-refractivity contribution in [3.63, 3.8) is 0 Å². The highest BCUT2D eigenvalue weighted by atomic mass is 16.5. The smallest absolute Gasteiger partial charge is 0.255 e. The first-order valence-electron chi connectivity index (χ1n) is 7.20. The fraction of sp³-hybridized carbons (Fsp3) is 0.278. The molecule has 22 heavy (non-hydrogen) atoms. The molecule has 4 nitrogen and oxygen atoms in total. The Morgan fingerprint density at radius 2 is 1.77 bits per heavy atom. The molecule has 0 aliphatic heterocycles. The highest BCUT2D eigenvalue weighted by molar-refractivity contribution is 6.05. The maximum atomic E-state index is 12.3. The van der Waals surface area contributed by atoms with Crippen molar-refractivity contribution in [1.82, 2.24) is 0 Å². The van der Waals surface area contributed by atoms with E-state index in [0.717, 1.165) is 22.6 Å². The zero-order valence-electron chi connectivity index (χ0n) is 13.2. The lowest BCUT2D eigenvalue weighted by Crippen LogP contribution is -2.13. The number of hydrogen-bond donors (Lipinski definition) is 1. The van der Waals surface area contributed by atoms with Crippen LogP contribution in [0, 0.1) is 13.8 Å². The number of carbonyl (C=O) groups is 1. The maximum absolute atomic E-state index is 12.3. The van der Waals surface area contributed by atoms with Crippen molar-refractivity contribution in [3.8, 4) is 5.75 Å². The van der Waals surface area contributed by atoms with E-state index < -0.39 is 0 Å². The first kappa shape index (κ1) is 16.0. The van der Waals surface area contributed by atoms with Crippen LogP contribution in [0.25, 0.3) is 0 Å². The van der Waals surface area contributed by atoms with E-state index in [1.165, 1.54) is 0 Å². The van der Waals surface area contributed by atoms with Gasteiger partial charge in [0, 0.05) is 18.4 Å². The summed E-state index contributed by atoms with van der Waals surface area (Å²) in [6, 6.07) is 13.2. The third kappa shape index (κ3) is 4.33. The topological polar surface area (TPSA) is 47.6 Å². The SMILES string of the molecule is COCCOc1ccc(NC(=O)c2cc(C)ccc2C)cc1. The Morgan fingerprint density at radius 1 is 1.05 bits per heavy atom. The first-order chi connectivity index (χ1) is 10.6. The summed E-state index contributed by atoms with van der Waals surface area (Å²) < 4.78 is 10.4. The monoisotopic (exact) mass is 299 g/mol. The number of benzene rings is 2. The number of anilines is 1. The molecule has 2 rings (SSSR count). The van der Waals surface area contributed by atoms with E-state index in [1.807, 2.05) is 56.3 Å². The largest absolute Gasteiger partial charge is 0.491 e. The lowest BCUT2D eigenvalue weighted by atomic mass is 10.1. The van der Waals surface area contributed by atoms with E-state index in [9.17, 15) is 4.79 Å². The summed E-state index contributed by atoms with van der Waals surface area (Å²) in [6.07, 6.45) is 0. The van der Waals surface area contributed by atoms with Gasteiger partial charge < -0.3 is 14.8 Å². The zero-order chi connectivity index (χ0) is 15.9. The van der Waals surface area contributed by atoms with Crippen molar-refractivity contribution in [2.24, 2.45) is 0 Å². The predicted molar refractivity (Wildman–Crippen MR) is 87.7 cm³/mol. The number of ether oxygens (including phenoxy) is 2. The minimum atomic E-state index is -0.103. The number of rotatable bonds is 6. The number of nitrogens with one attached hydrogen (secondary N) is 1. The first-order valence-corrected chi connectivity index (χ1v) is 7.20. The standard InChI is InChI=1S/C18H21NO3/c1-13-4-5-14(2)17(12-13)18(20)19-15-6-8-16(9-7-15)22-11-10-21-3/h4-9,12H,10-11H2,1-3H3,(H,19,20). The molecule has 0 bridgehead atoms. The van der Waals surface area contributed by atoms with Gasteiger partial charge in [0.15, 0.2) is 0 Å². The Balaban J connectivity index is 2.01. The van der Waals surface area contributed by atoms with Crippen LogP contribution in [0.5, 0.6) is 5.75 Å². The predicted octanol–water partition coefficient (Wildman–Crippen LogP) is 3.58. The molecule has 0 heterocycles. The summed E-state index contributed by atoms with van der Waals surface area (Å²) in [7, 11) is 1.63. The van der Waals surface area contributed by atoms with Gasteiger partial charge in [-0.25, -0.2) is 0 Å². The van der Waals surface area contributed by atoms with Crippen LogP contribution in [0.2, 0.25) is 0 Å². The van der Waals surface area contributed by atoms with Gasteiger partial charge in [0.05, 0.1) is 6.61 Å². The molecule has 0 fully saturated rings. The van der Waals surface area contributed by atoms with Crippen LogP contribution in [0.4, 0.5) is 5.69 Å². The Morgan fingerprint density at radius 3 is 2.45 bits per heavy atom. The molecular weight excluding hydrogens is 278 g/mol. The van der Waals surface area contributed by atoms with Crippen LogP contribution in [-0.2, 0) is 4.74 Å². The third-order valence-electron chi connectivity index (χ3n) is 3.31. The van der Waals surface area contributed by atoms with Crippen molar-refractivity contribution < 1.29 is 14.3 Å². The van der Waals surface area contributed by atoms with Crippen LogP contribution in [-0.4, -0.2) is 26.2 Å². The van der Waals surface area contributed by atoms with E-state index in [-0.39, 0.29) is 5.91 Å². The minimum absolute atomic E-state index is 0.103. The van der Waals surface area contributed by atoms with Gasteiger partial charge in [-0.05, 0) is 49.7 Å². The Kier molecular flexibility index (Phi) is 5.55. The Bertz CT molecular complexity index is 635. The highest BCUT2D eigenvalue weighted by Crippen LogP contribution is 2.18. The van der Waals surface area contributed by atoms with Crippen LogP contribution in [0.1, 0.15) is 21.5 Å². The fourth-order valence-electron chi connectivity index (χ4n) is 2.06. The molecule has 0 spiro atoms. The summed E-state index contributed by atoms with van der Waals surface area (Å²) in [5.41, 5.74) is 3.46. The number of carbonyl (C=O) groups excluding carboxylic acids is 1. The quantitative estimate of drug-likeness (QED) is 0.829. The molecular formula is C18H21NO3. The molecule has 0 radical (unpaired) electrons. The number of methoxy groups -OCH3 is 1. The van der Waals surface area contributed by atoms with Gasteiger partial charge in [0.1, 0.15) is 12.4 Å². The van der Waals surface area contributed by atoms with Gasteiger partial charge in [0.2, 0.25) is 0 Å². The van der Waals surface area contributed by atoms with Crippen molar-refractivity contribution >= 4 is 11.6 Å². The normalized spacial score (nSPS) is 10.3. The molecule has 2 aromatic rings. The second kappa shape index (κ2) is 7.61. The molecule has 0 atom stereocenters. The average molecular weight is 299 g/mol. The zero-order valence-corrected chi connectivity index (χ0v) is 13.2. The molecule has 2 aromatic carbocycles. The molecule has 4 heteroatoms. The highest BCUT2D eigenvalue weighted by Gasteiger charge is 2.09. The lowest BCUT2D eigenvalue weighted by molar-refractivity contribution is 0.102. The van der Waals surface area contributed by atoms with Crippen molar-refractivity contribution in [2.45, 2.75) is 13.8 Å². The van der Waals surface area contributed by atoms with Crippen LogP contribution in [0.3, 0.4) is 0 Å². The van der Waals surface area contributed by atoms with Gasteiger partial charge >= 0.3 is 0 Å². The second-order valence-corrected chi connectivity index (χ2v) is 5.14. The molecule has 0 unspecified atom stereocenters. The molecule has 0 aromatic heterocycles. The van der Waals surface area contributed by atoms with E-state index in [1.54, 1.807) is 7.11 Å². The molecule has 116 valence electrons. The van der Waals surface area contributed by atoms with Gasteiger partial charge in [0.25, 0.3) is 5.91 Å². The minimum Gasteiger partial charge on any atom is -0.491 e. The average Bonchev–Trinajstić information content (AvgIpc) is 2.51. The van der Waals surface area contributed by atoms with E-state index >= 15 is 0 Å². The Labute approximate surface area is 131 Å². The van der Waals surface area contributed by atoms with Crippen LogP contribution >= 0.6 is 0 Å². The van der Waals surface area contributed by atoms with E-state index in [2.05, 4.69) is 5.32 Å². The summed E-state index contributed by atoms with van der Waals surface area (Å²) in [5.74, 6) is 0.649. The van der Waals surface area contributed by atoms with Gasteiger partial charge in [-0.2, -0.15) is 0 Å². The van der Waals surface area contributed by atoms with Crippen LogP contribution in [0.15, 0.2) is 42.5 Å². The van der Waals surface area contributed by atoms with Crippen molar-refractivity contribution in [2.75, 3.05) is 25.6 Å². The number of aryl methyl sites for hydroxylation is 2. The number of hydrogen-bond acceptors (Lipinski definition) is 3. The van der Waals surface area contributed by atoms with E-state index in [4.69, 9.17) is 9.47 Å². The van der Waals surface area contributed by atoms with E-state index in [0.29, 0.717) is 18.8 Å². The van der Waals surface area contributed by atoms with Gasteiger partial charge in [-0.15, -0.1) is 0 Å². The Hall–Kier alpha value is -2.33. The molecule has 0 aliphatic carbocycles.